The van der Waals surface area contributed by atoms with E-state index in [1.165, 1.54) is 7.11 Å². The summed E-state index contributed by atoms with van der Waals surface area (Å²) >= 11 is 0. The van der Waals surface area contributed by atoms with Gasteiger partial charge in [0.25, 0.3) is 0 Å². The Morgan fingerprint density at radius 3 is 2.84 bits per heavy atom. The lowest BCUT2D eigenvalue weighted by Gasteiger charge is -2.15. The van der Waals surface area contributed by atoms with Crippen molar-refractivity contribution in [2.45, 2.75) is 19.3 Å². The number of nitrogens with two attached hydrogens (primary N) is 1. The van der Waals surface area contributed by atoms with Crippen molar-refractivity contribution in [3.05, 3.63) is 23.8 Å². The second kappa shape index (κ2) is 5.19. The maximum atomic E-state index is 11.4. The zero-order chi connectivity index (χ0) is 13.9. The van der Waals surface area contributed by atoms with Crippen molar-refractivity contribution < 1.29 is 14.3 Å². The summed E-state index contributed by atoms with van der Waals surface area (Å²) in [6, 6.07) is 6.96. The third kappa shape index (κ3) is 2.97. The van der Waals surface area contributed by atoms with Gasteiger partial charge in [-0.2, -0.15) is 5.26 Å². The molecular formula is C14H16N2O3. The van der Waals surface area contributed by atoms with E-state index in [1.54, 1.807) is 18.2 Å². The summed E-state index contributed by atoms with van der Waals surface area (Å²) in [7, 11) is 1.32. The summed E-state index contributed by atoms with van der Waals surface area (Å²) in [4.78, 5) is 11.4. The molecule has 2 N–H and O–H groups in total. The average molecular weight is 260 g/mol. The number of benzene rings is 1. The molecule has 0 aliphatic heterocycles. The molecule has 5 heteroatoms. The first-order valence-corrected chi connectivity index (χ1v) is 6.08. The summed E-state index contributed by atoms with van der Waals surface area (Å²) < 4.78 is 10.3. The van der Waals surface area contributed by atoms with Gasteiger partial charge in [-0.05, 0) is 31.0 Å². The SMILES string of the molecule is COC(=O)c1ccc(N)c(OCC2(CC#N)CC2)c1. The molecule has 0 bridgehead atoms. The van der Waals surface area contributed by atoms with Gasteiger partial charge in [-0.25, -0.2) is 4.79 Å². The molecule has 0 aromatic heterocycles. The number of carbonyl (C=O) groups is 1. The number of hydrogen-bond donors (Lipinski definition) is 1. The van der Waals surface area contributed by atoms with Crippen LogP contribution in [-0.4, -0.2) is 19.7 Å². The largest absolute Gasteiger partial charge is 0.491 e. The number of rotatable bonds is 5. The fraction of sp³-hybridized carbons (Fsp3) is 0.429. The number of methoxy groups -OCH3 is 1. The first kappa shape index (κ1) is 13.2. The van der Waals surface area contributed by atoms with Crippen LogP contribution < -0.4 is 10.5 Å². The van der Waals surface area contributed by atoms with Crippen LogP contribution >= 0.6 is 0 Å². The predicted molar refractivity (Wildman–Crippen MR) is 69.6 cm³/mol. The highest BCUT2D eigenvalue weighted by Gasteiger charge is 2.43. The number of esters is 1. The topological polar surface area (TPSA) is 85.3 Å². The van der Waals surface area contributed by atoms with Crippen molar-refractivity contribution in [1.82, 2.24) is 0 Å². The van der Waals surface area contributed by atoms with E-state index in [0.717, 1.165) is 12.8 Å². The van der Waals surface area contributed by atoms with E-state index in [2.05, 4.69) is 10.8 Å². The van der Waals surface area contributed by atoms with Crippen molar-refractivity contribution >= 4 is 11.7 Å². The molecule has 1 aliphatic carbocycles. The summed E-state index contributed by atoms with van der Waals surface area (Å²) in [5.74, 6) is 0.0372. The minimum atomic E-state index is -0.428. The number of hydrogen-bond acceptors (Lipinski definition) is 5. The van der Waals surface area contributed by atoms with Gasteiger partial charge in [0.2, 0.25) is 0 Å². The van der Waals surface area contributed by atoms with Gasteiger partial charge in [-0.3, -0.25) is 0 Å². The van der Waals surface area contributed by atoms with Crippen molar-refractivity contribution in [3.8, 4) is 11.8 Å². The Labute approximate surface area is 111 Å². The molecule has 0 heterocycles. The minimum Gasteiger partial charge on any atom is -0.491 e. The Morgan fingerprint density at radius 2 is 2.26 bits per heavy atom. The molecule has 1 saturated carbocycles. The molecule has 0 unspecified atom stereocenters. The van der Waals surface area contributed by atoms with Crippen LogP contribution in [0.1, 0.15) is 29.6 Å². The molecule has 1 aromatic rings. The van der Waals surface area contributed by atoms with Crippen LogP contribution in [0.15, 0.2) is 18.2 Å². The zero-order valence-electron chi connectivity index (χ0n) is 10.8. The maximum absolute atomic E-state index is 11.4. The van der Waals surface area contributed by atoms with Gasteiger partial charge in [0.05, 0.1) is 31.0 Å². The van der Waals surface area contributed by atoms with Crippen molar-refractivity contribution in [2.75, 3.05) is 19.5 Å². The van der Waals surface area contributed by atoms with Gasteiger partial charge in [-0.1, -0.05) is 0 Å². The molecule has 0 saturated heterocycles. The Balaban J connectivity index is 2.07. The first-order valence-electron chi connectivity index (χ1n) is 6.08. The van der Waals surface area contributed by atoms with Gasteiger partial charge < -0.3 is 15.2 Å². The molecule has 2 rings (SSSR count). The highest BCUT2D eigenvalue weighted by atomic mass is 16.5. The normalized spacial score (nSPS) is 15.4. The highest BCUT2D eigenvalue weighted by molar-refractivity contribution is 5.90. The lowest BCUT2D eigenvalue weighted by atomic mass is 10.1. The smallest absolute Gasteiger partial charge is 0.337 e. The van der Waals surface area contributed by atoms with Crippen LogP contribution in [-0.2, 0) is 4.74 Å². The van der Waals surface area contributed by atoms with E-state index >= 15 is 0 Å². The molecule has 0 radical (unpaired) electrons. The van der Waals surface area contributed by atoms with Crippen LogP contribution in [0.3, 0.4) is 0 Å². The number of nitriles is 1. The standard InChI is InChI=1S/C14H16N2O3/c1-18-13(17)10-2-3-11(16)12(8-10)19-9-14(4-5-14)6-7-15/h2-3,8H,4-6,9,16H2,1H3. The Bertz CT molecular complexity index is 530. The monoisotopic (exact) mass is 260 g/mol. The lowest BCUT2D eigenvalue weighted by Crippen LogP contribution is -2.13. The Hall–Kier alpha value is -2.22. The van der Waals surface area contributed by atoms with E-state index in [0.29, 0.717) is 30.0 Å². The number of nitrogen functional groups attached to an aromatic ring is 1. The molecule has 1 aromatic carbocycles. The van der Waals surface area contributed by atoms with Crippen LogP contribution in [0.5, 0.6) is 5.75 Å². The molecule has 19 heavy (non-hydrogen) atoms. The van der Waals surface area contributed by atoms with Gasteiger partial charge in [0, 0.05) is 11.8 Å². The number of ether oxygens (including phenoxy) is 2. The van der Waals surface area contributed by atoms with Gasteiger partial charge in [0.15, 0.2) is 0 Å². The van der Waals surface area contributed by atoms with E-state index in [-0.39, 0.29) is 5.41 Å². The number of carbonyl (C=O) groups excluding carboxylic acids is 1. The molecule has 100 valence electrons. The second-order valence-electron chi connectivity index (χ2n) is 4.87. The summed E-state index contributed by atoms with van der Waals surface area (Å²) in [5, 5.41) is 8.75. The van der Waals surface area contributed by atoms with E-state index in [4.69, 9.17) is 15.7 Å². The quantitative estimate of drug-likeness (QED) is 0.647. The molecule has 1 aliphatic rings. The van der Waals surface area contributed by atoms with E-state index < -0.39 is 5.97 Å². The summed E-state index contributed by atoms with van der Waals surface area (Å²) in [5.41, 5.74) is 6.66. The fourth-order valence-corrected chi connectivity index (χ4v) is 1.85. The van der Waals surface area contributed by atoms with Crippen LogP contribution in [0, 0.1) is 16.7 Å². The predicted octanol–water partition coefficient (Wildman–Crippen LogP) is 2.13. The van der Waals surface area contributed by atoms with Crippen molar-refractivity contribution in [1.29, 1.82) is 5.26 Å². The van der Waals surface area contributed by atoms with E-state index in [1.807, 2.05) is 0 Å². The van der Waals surface area contributed by atoms with Crippen molar-refractivity contribution in [2.24, 2.45) is 5.41 Å². The first-order chi connectivity index (χ1) is 9.10. The molecular weight excluding hydrogens is 244 g/mol. The zero-order valence-corrected chi connectivity index (χ0v) is 10.8. The van der Waals surface area contributed by atoms with Gasteiger partial charge >= 0.3 is 5.97 Å². The highest BCUT2D eigenvalue weighted by Crippen LogP contribution is 2.48. The third-order valence-corrected chi connectivity index (χ3v) is 3.38. The van der Waals surface area contributed by atoms with Crippen LogP contribution in [0.25, 0.3) is 0 Å². The van der Waals surface area contributed by atoms with E-state index in [9.17, 15) is 4.79 Å². The molecule has 0 atom stereocenters. The van der Waals surface area contributed by atoms with Gasteiger partial charge in [0.1, 0.15) is 5.75 Å². The molecule has 0 spiro atoms. The minimum absolute atomic E-state index is 0.0253. The van der Waals surface area contributed by atoms with Crippen molar-refractivity contribution in [3.63, 3.8) is 0 Å². The lowest BCUT2D eigenvalue weighted by molar-refractivity contribution is 0.0600. The molecule has 1 fully saturated rings. The fourth-order valence-electron chi connectivity index (χ4n) is 1.85. The average Bonchev–Trinajstić information content (AvgIpc) is 3.17. The van der Waals surface area contributed by atoms with Crippen LogP contribution in [0.2, 0.25) is 0 Å². The number of nitrogens with zero attached hydrogens (tertiary/aromatic N) is 1. The molecule has 0 amide bonds. The van der Waals surface area contributed by atoms with Crippen LogP contribution in [0.4, 0.5) is 5.69 Å². The van der Waals surface area contributed by atoms with Gasteiger partial charge in [-0.15, -0.1) is 0 Å². The maximum Gasteiger partial charge on any atom is 0.337 e. The summed E-state index contributed by atoms with van der Waals surface area (Å²) in [6.07, 6.45) is 2.48. The number of anilines is 1. The second-order valence-corrected chi connectivity index (χ2v) is 4.87. The Morgan fingerprint density at radius 1 is 1.53 bits per heavy atom. The Kier molecular flexibility index (Phi) is 3.61. The summed E-state index contributed by atoms with van der Waals surface area (Å²) in [6.45, 7) is 0.454. The molecule has 5 nitrogen and oxygen atoms in total. The third-order valence-electron chi connectivity index (χ3n) is 3.38.